The second-order valence-corrected chi connectivity index (χ2v) is 5.72. The molecular weight excluding hydrogens is 254 g/mol. The monoisotopic (exact) mass is 277 g/mol. The number of hydrogen-bond acceptors (Lipinski definition) is 6. The van der Waals surface area contributed by atoms with Crippen molar-refractivity contribution in [1.29, 1.82) is 0 Å². The van der Waals surface area contributed by atoms with Crippen LogP contribution in [0.2, 0.25) is 0 Å². The predicted octanol–water partition coefficient (Wildman–Crippen LogP) is 0.954. The topological polar surface area (TPSA) is 76.3 Å². The molecule has 110 valence electrons. The van der Waals surface area contributed by atoms with Gasteiger partial charge in [0.25, 0.3) is 0 Å². The van der Waals surface area contributed by atoms with Gasteiger partial charge in [-0.25, -0.2) is 4.98 Å². The number of hydrogen-bond donors (Lipinski definition) is 2. The van der Waals surface area contributed by atoms with Crippen molar-refractivity contribution >= 4 is 11.8 Å². The third-order valence-electron chi connectivity index (χ3n) is 4.27. The normalized spacial score (nSPS) is 24.1. The Balaban J connectivity index is 1.83. The summed E-state index contributed by atoms with van der Waals surface area (Å²) in [6.45, 7) is 1.97. The van der Waals surface area contributed by atoms with Crippen molar-refractivity contribution in [3.05, 3.63) is 11.8 Å². The van der Waals surface area contributed by atoms with Gasteiger partial charge in [-0.3, -0.25) is 0 Å². The Bertz CT molecular complexity index is 477. The van der Waals surface area contributed by atoms with E-state index in [4.69, 9.17) is 10.5 Å². The van der Waals surface area contributed by atoms with Gasteiger partial charge < -0.3 is 20.7 Å². The van der Waals surface area contributed by atoms with Gasteiger partial charge in [0.1, 0.15) is 11.9 Å². The fraction of sp³-hybridized carbons (Fsp3) is 0.714. The number of anilines is 2. The van der Waals surface area contributed by atoms with E-state index in [-0.39, 0.29) is 6.10 Å². The summed E-state index contributed by atoms with van der Waals surface area (Å²) >= 11 is 0. The highest BCUT2D eigenvalue weighted by Gasteiger charge is 2.34. The molecule has 1 aromatic rings. The number of aromatic nitrogens is 2. The minimum Gasteiger partial charge on any atom is -0.375 e. The summed E-state index contributed by atoms with van der Waals surface area (Å²) in [5, 5.41) is 3.31. The molecule has 1 aromatic heterocycles. The van der Waals surface area contributed by atoms with Crippen LogP contribution in [0.3, 0.4) is 0 Å². The van der Waals surface area contributed by atoms with E-state index in [1.165, 1.54) is 12.8 Å². The molecule has 0 amide bonds. The fourth-order valence-corrected chi connectivity index (χ4v) is 2.94. The molecule has 20 heavy (non-hydrogen) atoms. The summed E-state index contributed by atoms with van der Waals surface area (Å²) < 4.78 is 5.60. The maximum atomic E-state index is 5.89. The number of nitrogens with two attached hydrogens (primary N) is 1. The molecular formula is C14H23N5O. The van der Waals surface area contributed by atoms with Crippen LogP contribution in [0.4, 0.5) is 11.8 Å². The number of nitrogens with one attached hydrogen (secondary N) is 1. The SMILES string of the molecule is CN[C@@H]1CCN(c2cc(C(OC)C3CC3)nc(N)n2)C1. The molecule has 6 nitrogen and oxygen atoms in total. The summed E-state index contributed by atoms with van der Waals surface area (Å²) in [4.78, 5) is 11.0. The highest BCUT2D eigenvalue weighted by Crippen LogP contribution is 2.43. The fourth-order valence-electron chi connectivity index (χ4n) is 2.94. The van der Waals surface area contributed by atoms with Crippen LogP contribution in [-0.4, -0.2) is 43.3 Å². The van der Waals surface area contributed by atoms with Crippen LogP contribution in [0.1, 0.15) is 31.1 Å². The number of ether oxygens (including phenoxy) is 1. The number of rotatable bonds is 5. The van der Waals surface area contributed by atoms with Gasteiger partial charge in [-0.1, -0.05) is 0 Å². The Morgan fingerprint density at radius 2 is 2.20 bits per heavy atom. The van der Waals surface area contributed by atoms with Crippen molar-refractivity contribution in [2.45, 2.75) is 31.4 Å². The first-order chi connectivity index (χ1) is 9.71. The van der Waals surface area contributed by atoms with Crippen LogP contribution in [0, 0.1) is 5.92 Å². The van der Waals surface area contributed by atoms with Crippen LogP contribution < -0.4 is 16.0 Å². The lowest BCUT2D eigenvalue weighted by Crippen LogP contribution is -2.30. The number of methoxy groups -OCH3 is 1. The minimum absolute atomic E-state index is 0.0572. The zero-order valence-corrected chi connectivity index (χ0v) is 12.2. The second kappa shape index (κ2) is 5.54. The van der Waals surface area contributed by atoms with Crippen molar-refractivity contribution in [2.75, 3.05) is 37.9 Å². The molecule has 0 bridgehead atoms. The zero-order chi connectivity index (χ0) is 14.1. The Labute approximate surface area is 119 Å². The molecule has 3 N–H and O–H groups in total. The van der Waals surface area contributed by atoms with Crippen LogP contribution in [0.25, 0.3) is 0 Å². The maximum absolute atomic E-state index is 5.89. The van der Waals surface area contributed by atoms with Crippen molar-refractivity contribution in [2.24, 2.45) is 5.92 Å². The van der Waals surface area contributed by atoms with E-state index in [0.717, 1.165) is 31.0 Å². The first-order valence-electron chi connectivity index (χ1n) is 7.30. The lowest BCUT2D eigenvalue weighted by atomic mass is 10.1. The molecule has 1 saturated carbocycles. The highest BCUT2D eigenvalue weighted by atomic mass is 16.5. The van der Waals surface area contributed by atoms with E-state index in [1.54, 1.807) is 7.11 Å². The summed E-state index contributed by atoms with van der Waals surface area (Å²) in [6.07, 6.45) is 3.61. The van der Waals surface area contributed by atoms with Gasteiger partial charge in [-0.15, -0.1) is 0 Å². The molecule has 6 heteroatoms. The average molecular weight is 277 g/mol. The van der Waals surface area contributed by atoms with Crippen molar-refractivity contribution in [1.82, 2.24) is 15.3 Å². The standard InChI is InChI=1S/C14H23N5O/c1-16-10-5-6-19(8-10)12-7-11(17-14(15)18-12)13(20-2)9-3-4-9/h7,9-10,13,16H,3-6,8H2,1-2H3,(H2,15,17,18)/t10-,13?/m1/s1. The van der Waals surface area contributed by atoms with Gasteiger partial charge in [0.2, 0.25) is 5.95 Å². The van der Waals surface area contributed by atoms with Gasteiger partial charge in [0.15, 0.2) is 0 Å². The van der Waals surface area contributed by atoms with Crippen molar-refractivity contribution in [3.63, 3.8) is 0 Å². The number of nitrogen functional groups attached to an aromatic ring is 1. The summed E-state index contributed by atoms with van der Waals surface area (Å²) in [6, 6.07) is 2.57. The van der Waals surface area contributed by atoms with E-state index in [0.29, 0.717) is 17.9 Å². The third kappa shape index (κ3) is 2.71. The number of likely N-dealkylation sites (N-methyl/N-ethyl adjacent to an activating group) is 1. The molecule has 2 atom stereocenters. The minimum atomic E-state index is 0.0572. The quantitative estimate of drug-likeness (QED) is 0.834. The van der Waals surface area contributed by atoms with Gasteiger partial charge in [-0.05, 0) is 32.2 Å². The van der Waals surface area contributed by atoms with E-state index in [9.17, 15) is 0 Å². The Kier molecular flexibility index (Phi) is 3.76. The Hall–Kier alpha value is -1.40. The Morgan fingerprint density at radius 3 is 2.80 bits per heavy atom. The zero-order valence-electron chi connectivity index (χ0n) is 12.2. The molecule has 2 fully saturated rings. The van der Waals surface area contributed by atoms with Gasteiger partial charge in [0.05, 0.1) is 5.69 Å². The molecule has 2 aliphatic rings. The van der Waals surface area contributed by atoms with Gasteiger partial charge in [0, 0.05) is 32.3 Å². The smallest absolute Gasteiger partial charge is 0.222 e. The predicted molar refractivity (Wildman–Crippen MR) is 78.6 cm³/mol. The second-order valence-electron chi connectivity index (χ2n) is 5.72. The van der Waals surface area contributed by atoms with Gasteiger partial charge in [-0.2, -0.15) is 4.98 Å². The van der Waals surface area contributed by atoms with Crippen molar-refractivity contribution in [3.8, 4) is 0 Å². The molecule has 1 saturated heterocycles. The van der Waals surface area contributed by atoms with E-state index < -0.39 is 0 Å². The van der Waals surface area contributed by atoms with Crippen LogP contribution in [-0.2, 0) is 4.74 Å². The van der Waals surface area contributed by atoms with E-state index in [2.05, 4.69) is 20.2 Å². The first-order valence-corrected chi connectivity index (χ1v) is 7.30. The van der Waals surface area contributed by atoms with Crippen LogP contribution in [0.5, 0.6) is 0 Å². The first kappa shape index (κ1) is 13.6. The molecule has 3 rings (SSSR count). The summed E-state index contributed by atoms with van der Waals surface area (Å²) in [7, 11) is 3.75. The van der Waals surface area contributed by atoms with Crippen LogP contribution in [0.15, 0.2) is 6.07 Å². The molecule has 2 heterocycles. The van der Waals surface area contributed by atoms with Crippen molar-refractivity contribution < 1.29 is 4.74 Å². The molecule has 0 aromatic carbocycles. The molecule has 1 aliphatic heterocycles. The van der Waals surface area contributed by atoms with Crippen LogP contribution >= 0.6 is 0 Å². The Morgan fingerprint density at radius 1 is 1.40 bits per heavy atom. The van der Waals surface area contributed by atoms with E-state index >= 15 is 0 Å². The summed E-state index contributed by atoms with van der Waals surface area (Å²) in [5.74, 6) is 1.85. The molecule has 1 unspecified atom stereocenters. The lowest BCUT2D eigenvalue weighted by molar-refractivity contribution is 0.0811. The highest BCUT2D eigenvalue weighted by molar-refractivity contribution is 5.45. The largest absolute Gasteiger partial charge is 0.375 e. The maximum Gasteiger partial charge on any atom is 0.222 e. The van der Waals surface area contributed by atoms with Gasteiger partial charge >= 0.3 is 0 Å². The molecule has 1 aliphatic carbocycles. The number of nitrogens with zero attached hydrogens (tertiary/aromatic N) is 3. The van der Waals surface area contributed by atoms with E-state index in [1.807, 2.05) is 13.1 Å². The third-order valence-corrected chi connectivity index (χ3v) is 4.27. The average Bonchev–Trinajstić information content (AvgIpc) is 3.15. The molecule has 0 radical (unpaired) electrons. The summed E-state index contributed by atoms with van der Waals surface area (Å²) in [5.41, 5.74) is 6.81. The molecule has 0 spiro atoms. The lowest BCUT2D eigenvalue weighted by Gasteiger charge is -2.20.